The summed E-state index contributed by atoms with van der Waals surface area (Å²) in [5, 5.41) is 11.7. The van der Waals surface area contributed by atoms with Gasteiger partial charge in [0.05, 0.1) is 0 Å². The van der Waals surface area contributed by atoms with Gasteiger partial charge in [0.25, 0.3) is 0 Å². The molecule has 0 aliphatic carbocycles. The Morgan fingerprint density at radius 1 is 1.29 bits per heavy atom. The average molecular weight is 288 g/mol. The molecule has 5 nitrogen and oxygen atoms in total. The third kappa shape index (κ3) is 2.08. The van der Waals surface area contributed by atoms with E-state index < -0.39 is 17.4 Å². The van der Waals surface area contributed by atoms with Crippen LogP contribution in [0.5, 0.6) is 0 Å². The Bertz CT molecular complexity index is 688. The Morgan fingerprint density at radius 2 is 2.00 bits per heavy atom. The number of carbonyl (C=O) groups is 1. The molecule has 0 bridgehead atoms. The Hall–Kier alpha value is -2.01. The number of amides is 1. The van der Waals surface area contributed by atoms with Crippen LogP contribution < -0.4 is 0 Å². The number of aromatic nitrogens is 1. The first kappa shape index (κ1) is 13.9. The maximum Gasteiger partial charge on any atom is 0.412 e. The van der Waals surface area contributed by atoms with Crippen LogP contribution in [0.3, 0.4) is 0 Å². The molecule has 1 aromatic heterocycles. The zero-order valence-electron chi connectivity index (χ0n) is 12.5. The van der Waals surface area contributed by atoms with Crippen molar-refractivity contribution in [2.45, 2.75) is 38.5 Å². The minimum absolute atomic E-state index is 0.414. The average Bonchev–Trinajstić information content (AvgIpc) is 2.87. The zero-order chi connectivity index (χ0) is 15.3. The first-order valence-corrected chi connectivity index (χ1v) is 7.11. The molecular weight excluding hydrogens is 268 g/mol. The van der Waals surface area contributed by atoms with Crippen LogP contribution in [-0.2, 0) is 11.2 Å². The number of cyclic esters (lactones) is 1. The van der Waals surface area contributed by atoms with Crippen molar-refractivity contribution in [3.63, 3.8) is 0 Å². The smallest absolute Gasteiger partial charge is 0.412 e. The summed E-state index contributed by atoms with van der Waals surface area (Å²) in [4.78, 5) is 16.6. The number of fused-ring (bicyclic) bond motifs is 1. The van der Waals surface area contributed by atoms with Crippen molar-refractivity contribution >= 4 is 17.0 Å². The molecule has 2 N–H and O–H groups in total. The highest BCUT2D eigenvalue weighted by atomic mass is 16.6. The van der Waals surface area contributed by atoms with Gasteiger partial charge in [0.1, 0.15) is 0 Å². The SMILES string of the molecule is CC1(C)OC(=O)N(CCc2c[nH]c3ccccc23)[C@@]1(C)O. The lowest BCUT2D eigenvalue weighted by Gasteiger charge is -2.34. The summed E-state index contributed by atoms with van der Waals surface area (Å²) in [6.07, 6.45) is 2.14. The molecule has 1 aliphatic heterocycles. The molecule has 1 aromatic carbocycles. The van der Waals surface area contributed by atoms with Crippen molar-refractivity contribution in [1.29, 1.82) is 0 Å². The predicted molar refractivity (Wildman–Crippen MR) is 79.9 cm³/mol. The molecule has 5 heteroatoms. The zero-order valence-corrected chi connectivity index (χ0v) is 12.5. The van der Waals surface area contributed by atoms with Crippen LogP contribution in [0, 0.1) is 0 Å². The number of hydrogen-bond acceptors (Lipinski definition) is 3. The Labute approximate surface area is 123 Å². The van der Waals surface area contributed by atoms with Crippen molar-refractivity contribution in [3.05, 3.63) is 36.0 Å². The number of ether oxygens (including phenoxy) is 1. The van der Waals surface area contributed by atoms with Gasteiger partial charge in [-0.1, -0.05) is 18.2 Å². The van der Waals surface area contributed by atoms with Gasteiger partial charge in [0, 0.05) is 23.6 Å². The lowest BCUT2D eigenvalue weighted by molar-refractivity contribution is -0.126. The van der Waals surface area contributed by atoms with Crippen molar-refractivity contribution < 1.29 is 14.6 Å². The van der Waals surface area contributed by atoms with Gasteiger partial charge >= 0.3 is 6.09 Å². The second-order valence-corrected chi connectivity index (χ2v) is 6.16. The van der Waals surface area contributed by atoms with Crippen molar-refractivity contribution in [1.82, 2.24) is 9.88 Å². The number of H-pyrrole nitrogens is 1. The normalized spacial score (nSPS) is 24.6. The minimum atomic E-state index is -1.31. The van der Waals surface area contributed by atoms with E-state index in [-0.39, 0.29) is 0 Å². The van der Waals surface area contributed by atoms with E-state index in [4.69, 9.17) is 4.74 Å². The van der Waals surface area contributed by atoms with Crippen LogP contribution in [0.2, 0.25) is 0 Å². The van der Waals surface area contributed by atoms with Crippen LogP contribution in [0.25, 0.3) is 10.9 Å². The number of carbonyl (C=O) groups excluding carboxylic acids is 1. The maximum absolute atomic E-state index is 12.0. The van der Waals surface area contributed by atoms with E-state index in [0.717, 1.165) is 16.5 Å². The number of aromatic amines is 1. The Kier molecular flexibility index (Phi) is 2.99. The quantitative estimate of drug-likeness (QED) is 0.912. The van der Waals surface area contributed by atoms with Crippen LogP contribution >= 0.6 is 0 Å². The summed E-state index contributed by atoms with van der Waals surface area (Å²) in [5.41, 5.74) is -0.0250. The maximum atomic E-state index is 12.0. The van der Waals surface area contributed by atoms with E-state index >= 15 is 0 Å². The van der Waals surface area contributed by atoms with E-state index in [0.29, 0.717) is 13.0 Å². The van der Waals surface area contributed by atoms with Gasteiger partial charge in [0.15, 0.2) is 11.3 Å². The lowest BCUT2D eigenvalue weighted by atomic mass is 9.95. The summed E-state index contributed by atoms with van der Waals surface area (Å²) < 4.78 is 5.26. The van der Waals surface area contributed by atoms with E-state index in [1.165, 1.54) is 4.90 Å². The Morgan fingerprint density at radius 3 is 2.67 bits per heavy atom. The van der Waals surface area contributed by atoms with Crippen LogP contribution in [0.1, 0.15) is 26.3 Å². The highest BCUT2D eigenvalue weighted by molar-refractivity contribution is 5.83. The molecule has 3 rings (SSSR count). The van der Waals surface area contributed by atoms with E-state index in [1.54, 1.807) is 20.8 Å². The largest absolute Gasteiger partial charge is 0.438 e. The van der Waals surface area contributed by atoms with Crippen molar-refractivity contribution in [2.75, 3.05) is 6.54 Å². The molecule has 0 radical (unpaired) electrons. The molecule has 1 atom stereocenters. The fourth-order valence-corrected chi connectivity index (χ4v) is 2.75. The molecule has 0 unspecified atom stereocenters. The summed E-state index contributed by atoms with van der Waals surface area (Å²) >= 11 is 0. The monoisotopic (exact) mass is 288 g/mol. The van der Waals surface area contributed by atoms with Crippen LogP contribution in [0.15, 0.2) is 30.5 Å². The van der Waals surface area contributed by atoms with Gasteiger partial charge in [-0.05, 0) is 38.8 Å². The van der Waals surface area contributed by atoms with Gasteiger partial charge in [-0.15, -0.1) is 0 Å². The summed E-state index contributed by atoms with van der Waals surface area (Å²) in [7, 11) is 0. The molecule has 21 heavy (non-hydrogen) atoms. The van der Waals surface area contributed by atoms with Gasteiger partial charge in [-0.25, -0.2) is 4.79 Å². The van der Waals surface area contributed by atoms with Gasteiger partial charge in [0.2, 0.25) is 0 Å². The van der Waals surface area contributed by atoms with Gasteiger partial charge in [-0.2, -0.15) is 0 Å². The molecule has 1 amide bonds. The minimum Gasteiger partial charge on any atom is -0.438 e. The number of hydrogen-bond donors (Lipinski definition) is 2. The summed E-state index contributed by atoms with van der Waals surface area (Å²) in [5.74, 6) is 0. The van der Waals surface area contributed by atoms with Gasteiger partial charge in [-0.3, -0.25) is 4.90 Å². The van der Waals surface area contributed by atoms with Crippen LogP contribution in [0.4, 0.5) is 4.79 Å². The molecule has 112 valence electrons. The number of aliphatic hydroxyl groups is 1. The molecule has 2 aromatic rings. The highest BCUT2D eigenvalue weighted by Crippen LogP contribution is 2.37. The first-order valence-electron chi connectivity index (χ1n) is 7.11. The van der Waals surface area contributed by atoms with E-state index in [1.807, 2.05) is 30.5 Å². The van der Waals surface area contributed by atoms with Crippen molar-refractivity contribution in [2.24, 2.45) is 0 Å². The second kappa shape index (κ2) is 4.49. The second-order valence-electron chi connectivity index (χ2n) is 6.16. The lowest BCUT2D eigenvalue weighted by Crippen LogP contribution is -2.54. The molecular formula is C16H20N2O3. The van der Waals surface area contributed by atoms with E-state index in [2.05, 4.69) is 4.98 Å². The Balaban J connectivity index is 1.80. The predicted octanol–water partition coefficient (Wildman–Crippen LogP) is 2.65. The summed E-state index contributed by atoms with van der Waals surface area (Å²) in [6.45, 7) is 5.47. The topological polar surface area (TPSA) is 65.6 Å². The number of nitrogens with zero attached hydrogens (tertiary/aromatic N) is 1. The fourth-order valence-electron chi connectivity index (χ4n) is 2.75. The summed E-state index contributed by atoms with van der Waals surface area (Å²) in [6, 6.07) is 8.03. The number of rotatable bonds is 3. The highest BCUT2D eigenvalue weighted by Gasteiger charge is 2.56. The molecule has 1 aliphatic rings. The number of benzene rings is 1. The third-order valence-corrected chi connectivity index (χ3v) is 4.51. The first-order chi connectivity index (χ1) is 9.83. The standard InChI is InChI=1S/C16H20N2O3/c1-15(2)16(3,20)18(14(19)21-15)9-8-11-10-17-13-7-5-4-6-12(11)13/h4-7,10,17,20H,8-9H2,1-3H3/t16-/m0/s1. The van der Waals surface area contributed by atoms with Gasteiger partial charge < -0.3 is 14.8 Å². The molecule has 1 fully saturated rings. The fraction of sp³-hybridized carbons (Fsp3) is 0.438. The van der Waals surface area contributed by atoms with E-state index in [9.17, 15) is 9.90 Å². The van der Waals surface area contributed by atoms with Crippen LogP contribution in [-0.4, -0.2) is 39.0 Å². The number of nitrogens with one attached hydrogen (secondary N) is 1. The molecule has 1 saturated heterocycles. The molecule has 0 spiro atoms. The van der Waals surface area contributed by atoms with Crippen molar-refractivity contribution in [3.8, 4) is 0 Å². The molecule has 0 saturated carbocycles. The third-order valence-electron chi connectivity index (χ3n) is 4.51. The number of para-hydroxylation sites is 1. The molecule has 2 heterocycles.